The van der Waals surface area contributed by atoms with Crippen molar-refractivity contribution in [3.63, 3.8) is 0 Å². The number of aliphatic imine (C=N–C) groups is 1. The third-order valence-electron chi connectivity index (χ3n) is 11.5. The quantitative estimate of drug-likeness (QED) is 0.0455. The molecule has 1 unspecified atom stereocenters. The second-order valence-electron chi connectivity index (χ2n) is 16.7. The molecule has 2 heterocycles. The largest absolute Gasteiger partial charge is 0.480 e. The third-order valence-corrected chi connectivity index (χ3v) is 11.5. The van der Waals surface area contributed by atoms with Gasteiger partial charge < -0.3 is 23.8 Å². The smallest absolute Gasteiger partial charge is 0.216 e. The molecular weight excluding hydrogens is 729 g/mol. The molecule has 0 aliphatic carbocycles. The standard InChI is InChI=1S/C53H92N2O4/c1-5-9-11-13-15-17-19-21-23-25-27-28-30-32-34-36-38-44-56-52-41-40-49(47-58-51-48-59-50(51)42-43-55(7-3)8-4)46-53(54-52)57-45-39-37-35-33-31-29-26-24-22-20-18-16-14-12-10-6-2/h16-19,22-25,40,46,50-51H,5-15,20-21,26-39,41-45,47-48H2,1-4H3/b18-16-,19-17-,24-22-,25-23-/t50?,51-/m0/s1. The van der Waals surface area contributed by atoms with Crippen molar-refractivity contribution in [2.45, 2.75) is 213 Å². The summed E-state index contributed by atoms with van der Waals surface area (Å²) >= 11 is 0. The second-order valence-corrected chi connectivity index (χ2v) is 16.7. The summed E-state index contributed by atoms with van der Waals surface area (Å²) in [6.45, 7) is 14.8. The van der Waals surface area contributed by atoms with Crippen molar-refractivity contribution in [3.8, 4) is 0 Å². The van der Waals surface area contributed by atoms with E-state index < -0.39 is 0 Å². The van der Waals surface area contributed by atoms with Crippen molar-refractivity contribution in [2.24, 2.45) is 4.99 Å². The van der Waals surface area contributed by atoms with Gasteiger partial charge in [0.25, 0.3) is 0 Å². The Kier molecular flexibility index (Phi) is 35.5. The van der Waals surface area contributed by atoms with Crippen LogP contribution in [-0.2, 0) is 18.9 Å². The molecule has 0 saturated carbocycles. The SMILES string of the molecule is CCCCC/C=C\C/C=C\CCCCCCCCOC1=CC(CO[C@H]2COC2CCN(CC)CC)=CCC(OCCCCCCCC/C=C\C/C=C\CCCCCC)=N1. The highest BCUT2D eigenvalue weighted by atomic mass is 16.6. The zero-order valence-corrected chi connectivity index (χ0v) is 39.0. The number of hydrogen-bond acceptors (Lipinski definition) is 6. The zero-order chi connectivity index (χ0) is 42.1. The molecule has 1 saturated heterocycles. The van der Waals surface area contributed by atoms with Gasteiger partial charge in [0.15, 0.2) is 5.90 Å². The number of hydrogen-bond donors (Lipinski definition) is 0. The Morgan fingerprint density at radius 1 is 0.610 bits per heavy atom. The lowest BCUT2D eigenvalue weighted by molar-refractivity contribution is -0.186. The normalized spacial score (nSPS) is 17.3. The van der Waals surface area contributed by atoms with Gasteiger partial charge in [-0.3, -0.25) is 0 Å². The first kappa shape index (κ1) is 52.7. The van der Waals surface area contributed by atoms with Gasteiger partial charge in [0.05, 0.1) is 32.5 Å². The van der Waals surface area contributed by atoms with E-state index >= 15 is 0 Å². The summed E-state index contributed by atoms with van der Waals surface area (Å²) in [6.07, 6.45) is 56.2. The predicted octanol–water partition coefficient (Wildman–Crippen LogP) is 15.1. The average molecular weight is 821 g/mol. The molecule has 0 aromatic carbocycles. The summed E-state index contributed by atoms with van der Waals surface area (Å²) in [5.74, 6) is 1.41. The molecular formula is C53H92N2O4. The van der Waals surface area contributed by atoms with Crippen molar-refractivity contribution < 1.29 is 18.9 Å². The van der Waals surface area contributed by atoms with Crippen LogP contribution >= 0.6 is 0 Å². The minimum absolute atomic E-state index is 0.149. The molecule has 0 aromatic heterocycles. The van der Waals surface area contributed by atoms with E-state index in [4.69, 9.17) is 23.9 Å². The van der Waals surface area contributed by atoms with Gasteiger partial charge in [0.2, 0.25) is 5.88 Å². The fourth-order valence-electron chi connectivity index (χ4n) is 7.41. The highest BCUT2D eigenvalue weighted by molar-refractivity contribution is 5.79. The molecule has 6 heteroatoms. The van der Waals surface area contributed by atoms with E-state index in [0.29, 0.717) is 38.7 Å². The maximum atomic E-state index is 6.39. The Morgan fingerprint density at radius 2 is 1.10 bits per heavy atom. The molecule has 0 spiro atoms. The molecule has 2 rings (SSSR count). The summed E-state index contributed by atoms with van der Waals surface area (Å²) in [4.78, 5) is 7.32. The molecule has 0 bridgehead atoms. The van der Waals surface area contributed by atoms with E-state index in [1.807, 2.05) is 0 Å². The number of nitrogens with zero attached hydrogens (tertiary/aromatic N) is 2. The molecule has 0 aromatic rings. The summed E-state index contributed by atoms with van der Waals surface area (Å²) in [5, 5.41) is 0. The van der Waals surface area contributed by atoms with E-state index in [1.165, 1.54) is 135 Å². The van der Waals surface area contributed by atoms with Crippen LogP contribution in [0.4, 0.5) is 0 Å². The lowest BCUT2D eigenvalue weighted by Gasteiger charge is -2.37. The first-order chi connectivity index (χ1) is 29.2. The average Bonchev–Trinajstić information content (AvgIpc) is 3.44. The first-order valence-corrected chi connectivity index (χ1v) is 25.0. The number of allylic oxidation sites excluding steroid dienone is 8. The number of unbranched alkanes of at least 4 members (excludes halogenated alkanes) is 19. The van der Waals surface area contributed by atoms with Crippen LogP contribution in [-0.4, -0.2) is 69.1 Å². The molecule has 1 fully saturated rings. The lowest BCUT2D eigenvalue weighted by atomic mass is 10.1. The summed E-state index contributed by atoms with van der Waals surface area (Å²) in [7, 11) is 0. The Morgan fingerprint density at radius 3 is 1.63 bits per heavy atom. The monoisotopic (exact) mass is 821 g/mol. The summed E-state index contributed by atoms with van der Waals surface area (Å²) < 4.78 is 24.8. The number of rotatable bonds is 40. The second kappa shape index (κ2) is 39.7. The minimum atomic E-state index is 0.149. The van der Waals surface area contributed by atoms with Crippen LogP contribution in [0.1, 0.15) is 201 Å². The van der Waals surface area contributed by atoms with Gasteiger partial charge in [-0.05, 0) is 102 Å². The first-order valence-electron chi connectivity index (χ1n) is 25.0. The van der Waals surface area contributed by atoms with Crippen LogP contribution in [0.5, 0.6) is 0 Å². The van der Waals surface area contributed by atoms with E-state index in [-0.39, 0.29) is 12.2 Å². The Hall–Kier alpha value is -2.41. The van der Waals surface area contributed by atoms with Gasteiger partial charge in [-0.15, -0.1) is 0 Å². The van der Waals surface area contributed by atoms with Gasteiger partial charge in [0.1, 0.15) is 6.10 Å². The highest BCUT2D eigenvalue weighted by Crippen LogP contribution is 2.23. The van der Waals surface area contributed by atoms with Crippen LogP contribution in [0.25, 0.3) is 0 Å². The highest BCUT2D eigenvalue weighted by Gasteiger charge is 2.33. The molecule has 0 amide bonds. The Balaban J connectivity index is 1.67. The fourth-order valence-corrected chi connectivity index (χ4v) is 7.41. The fraction of sp³-hybridized carbons (Fsp3) is 0.755. The van der Waals surface area contributed by atoms with Crippen molar-refractivity contribution in [1.82, 2.24) is 4.90 Å². The molecule has 2 aliphatic heterocycles. The van der Waals surface area contributed by atoms with E-state index in [0.717, 1.165) is 63.2 Å². The number of ether oxygens (including phenoxy) is 4. The molecule has 338 valence electrons. The Bertz CT molecular complexity index is 1180. The van der Waals surface area contributed by atoms with Gasteiger partial charge in [0, 0.05) is 19.0 Å². The predicted molar refractivity (Wildman–Crippen MR) is 255 cm³/mol. The zero-order valence-electron chi connectivity index (χ0n) is 39.0. The van der Waals surface area contributed by atoms with Crippen LogP contribution < -0.4 is 0 Å². The summed E-state index contributed by atoms with van der Waals surface area (Å²) in [5.41, 5.74) is 1.11. The van der Waals surface area contributed by atoms with Crippen molar-refractivity contribution in [1.29, 1.82) is 0 Å². The van der Waals surface area contributed by atoms with Crippen LogP contribution in [0.3, 0.4) is 0 Å². The van der Waals surface area contributed by atoms with Crippen molar-refractivity contribution in [2.75, 3.05) is 46.1 Å². The van der Waals surface area contributed by atoms with Gasteiger partial charge in [-0.2, -0.15) is 4.99 Å². The van der Waals surface area contributed by atoms with Gasteiger partial charge in [-0.1, -0.05) is 166 Å². The van der Waals surface area contributed by atoms with Crippen LogP contribution in [0, 0.1) is 0 Å². The topological polar surface area (TPSA) is 52.5 Å². The molecule has 2 atom stereocenters. The minimum Gasteiger partial charge on any atom is -0.480 e. The van der Waals surface area contributed by atoms with E-state index in [9.17, 15) is 0 Å². The third kappa shape index (κ3) is 30.3. The van der Waals surface area contributed by atoms with E-state index in [1.54, 1.807) is 0 Å². The molecule has 6 nitrogen and oxygen atoms in total. The van der Waals surface area contributed by atoms with Gasteiger partial charge >= 0.3 is 0 Å². The summed E-state index contributed by atoms with van der Waals surface area (Å²) in [6, 6.07) is 0. The lowest BCUT2D eigenvalue weighted by Crippen LogP contribution is -2.48. The van der Waals surface area contributed by atoms with Crippen molar-refractivity contribution >= 4 is 5.90 Å². The molecule has 0 radical (unpaired) electrons. The van der Waals surface area contributed by atoms with Crippen LogP contribution in [0.2, 0.25) is 0 Å². The maximum Gasteiger partial charge on any atom is 0.216 e. The molecule has 0 N–H and O–H groups in total. The van der Waals surface area contributed by atoms with Gasteiger partial charge in [-0.25, -0.2) is 0 Å². The maximum absolute atomic E-state index is 6.39. The Labute approximate surface area is 365 Å². The molecule has 59 heavy (non-hydrogen) atoms. The molecule has 2 aliphatic rings. The van der Waals surface area contributed by atoms with Crippen LogP contribution in [0.15, 0.2) is 77.2 Å². The van der Waals surface area contributed by atoms with Crippen molar-refractivity contribution in [3.05, 3.63) is 72.2 Å². The van der Waals surface area contributed by atoms with E-state index in [2.05, 4.69) is 93.4 Å².